The zero-order valence-electron chi connectivity index (χ0n) is 14.9. The summed E-state index contributed by atoms with van der Waals surface area (Å²) in [5, 5.41) is 0. The molecular weight excluding hydrogens is 266 g/mol. The van der Waals surface area contributed by atoms with Crippen LogP contribution in [-0.4, -0.2) is 17.3 Å². The van der Waals surface area contributed by atoms with Gasteiger partial charge in [-0.05, 0) is 70.1 Å². The van der Waals surface area contributed by atoms with Gasteiger partial charge in [-0.3, -0.25) is 0 Å². The molecule has 1 heteroatoms. The van der Waals surface area contributed by atoms with Gasteiger partial charge in [0, 0.05) is 17.2 Å². The van der Waals surface area contributed by atoms with Gasteiger partial charge < -0.3 is 0 Å². The lowest BCUT2D eigenvalue weighted by Gasteiger charge is -2.25. The summed E-state index contributed by atoms with van der Waals surface area (Å²) >= 11 is 0. The molecule has 1 heterocycles. The summed E-state index contributed by atoms with van der Waals surface area (Å²) in [6.45, 7) is 15.4. The van der Waals surface area contributed by atoms with Crippen molar-refractivity contribution in [1.29, 1.82) is 0 Å². The van der Waals surface area contributed by atoms with Gasteiger partial charge in [-0.15, -0.1) is 0 Å². The van der Waals surface area contributed by atoms with Crippen LogP contribution in [0.2, 0.25) is 0 Å². The summed E-state index contributed by atoms with van der Waals surface area (Å²) in [5.41, 5.74) is 10.4. The Morgan fingerprint density at radius 2 is 1.64 bits per heavy atom. The predicted octanol–water partition coefficient (Wildman–Crippen LogP) is 5.06. The molecule has 0 radical (unpaired) electrons. The van der Waals surface area contributed by atoms with Crippen LogP contribution in [0.3, 0.4) is 0 Å². The molecular formula is C21H28N+. The highest BCUT2D eigenvalue weighted by molar-refractivity contribution is 6.04. The van der Waals surface area contributed by atoms with Gasteiger partial charge in [0.25, 0.3) is 0 Å². The second-order valence-corrected chi connectivity index (χ2v) is 7.24. The Kier molecular flexibility index (Phi) is 3.43. The maximum absolute atomic E-state index is 3.85. The predicted molar refractivity (Wildman–Crippen MR) is 95.7 cm³/mol. The fourth-order valence-electron chi connectivity index (χ4n) is 4.46. The third-order valence-corrected chi connectivity index (χ3v) is 6.19. The minimum Gasteiger partial charge on any atom is -0.197 e. The van der Waals surface area contributed by atoms with Crippen molar-refractivity contribution >= 4 is 11.4 Å². The van der Waals surface area contributed by atoms with Crippen LogP contribution in [0.1, 0.15) is 47.6 Å². The molecule has 1 atom stereocenters. The van der Waals surface area contributed by atoms with Crippen LogP contribution in [0.15, 0.2) is 24.8 Å². The summed E-state index contributed by atoms with van der Waals surface area (Å²) in [5.74, 6) is 0.779. The molecule has 0 N–H and O–H groups in total. The number of hydrogen-bond acceptors (Lipinski definition) is 0. The van der Waals surface area contributed by atoms with E-state index in [1.54, 1.807) is 5.56 Å². The summed E-state index contributed by atoms with van der Waals surface area (Å²) in [6, 6.07) is 0. The van der Waals surface area contributed by atoms with Gasteiger partial charge in [0.05, 0.1) is 5.41 Å². The quantitative estimate of drug-likeness (QED) is 0.541. The van der Waals surface area contributed by atoms with Crippen molar-refractivity contribution in [2.45, 2.75) is 52.9 Å². The van der Waals surface area contributed by atoms with Crippen LogP contribution in [0.4, 0.5) is 5.69 Å². The SMILES string of the molecule is C=CC=CC1=[N+](C)c2c(C)c(C)c(C)c(C)c2C1(C)C1CC1. The first-order valence-electron chi connectivity index (χ1n) is 8.36. The van der Waals surface area contributed by atoms with Crippen molar-refractivity contribution in [3.63, 3.8) is 0 Å². The van der Waals surface area contributed by atoms with Crippen molar-refractivity contribution in [1.82, 2.24) is 0 Å². The van der Waals surface area contributed by atoms with E-state index in [4.69, 9.17) is 0 Å². The molecule has 0 spiro atoms. The first kappa shape index (κ1) is 15.3. The van der Waals surface area contributed by atoms with Gasteiger partial charge in [-0.1, -0.05) is 18.7 Å². The molecule has 0 saturated heterocycles. The average molecular weight is 294 g/mol. The lowest BCUT2D eigenvalue weighted by molar-refractivity contribution is -0.402. The Labute approximate surface area is 135 Å². The molecule has 1 fully saturated rings. The van der Waals surface area contributed by atoms with Crippen LogP contribution >= 0.6 is 0 Å². The smallest absolute Gasteiger partial charge is 0.197 e. The largest absolute Gasteiger partial charge is 0.213 e. The lowest BCUT2D eigenvalue weighted by atomic mass is 9.71. The van der Waals surface area contributed by atoms with E-state index in [1.807, 2.05) is 6.08 Å². The highest BCUT2D eigenvalue weighted by atomic mass is 15.0. The molecule has 0 amide bonds. The summed E-state index contributed by atoms with van der Waals surface area (Å²) in [7, 11) is 2.23. The van der Waals surface area contributed by atoms with Gasteiger partial charge in [0.2, 0.25) is 5.69 Å². The molecule has 1 aliphatic heterocycles. The van der Waals surface area contributed by atoms with Crippen LogP contribution in [-0.2, 0) is 5.41 Å². The van der Waals surface area contributed by atoms with E-state index in [9.17, 15) is 0 Å². The second kappa shape index (κ2) is 4.94. The minimum absolute atomic E-state index is 0.150. The van der Waals surface area contributed by atoms with Crippen LogP contribution in [0.25, 0.3) is 0 Å². The third-order valence-electron chi connectivity index (χ3n) is 6.19. The molecule has 0 bridgehead atoms. The zero-order valence-corrected chi connectivity index (χ0v) is 14.9. The number of allylic oxidation sites excluding steroid dienone is 3. The maximum atomic E-state index is 3.85. The molecule has 116 valence electrons. The first-order valence-corrected chi connectivity index (χ1v) is 8.36. The normalized spacial score (nSPS) is 24.3. The van der Waals surface area contributed by atoms with Crippen LogP contribution < -0.4 is 0 Å². The lowest BCUT2D eigenvalue weighted by Crippen LogP contribution is -2.33. The summed E-state index contributed by atoms with van der Waals surface area (Å²) in [4.78, 5) is 0. The van der Waals surface area contributed by atoms with Gasteiger partial charge in [0.1, 0.15) is 7.05 Å². The Morgan fingerprint density at radius 3 is 2.18 bits per heavy atom. The van der Waals surface area contributed by atoms with Crippen LogP contribution in [0, 0.1) is 33.6 Å². The molecule has 0 aromatic heterocycles. The van der Waals surface area contributed by atoms with E-state index < -0.39 is 0 Å². The first-order chi connectivity index (χ1) is 10.4. The van der Waals surface area contributed by atoms with Crippen molar-refractivity contribution in [3.05, 3.63) is 52.6 Å². The Morgan fingerprint density at radius 1 is 1.05 bits per heavy atom. The molecule has 1 unspecified atom stereocenters. The minimum atomic E-state index is 0.150. The van der Waals surface area contributed by atoms with Crippen molar-refractivity contribution < 1.29 is 4.58 Å². The highest BCUT2D eigenvalue weighted by Gasteiger charge is 2.56. The van der Waals surface area contributed by atoms with E-state index in [1.165, 1.54) is 46.5 Å². The van der Waals surface area contributed by atoms with Gasteiger partial charge in [-0.25, -0.2) is 0 Å². The summed E-state index contributed by atoms with van der Waals surface area (Å²) < 4.78 is 2.43. The van der Waals surface area contributed by atoms with Gasteiger partial charge in [-0.2, -0.15) is 4.58 Å². The van der Waals surface area contributed by atoms with Crippen molar-refractivity contribution in [2.24, 2.45) is 5.92 Å². The topological polar surface area (TPSA) is 3.01 Å². The molecule has 1 aromatic rings. The van der Waals surface area contributed by atoms with Crippen molar-refractivity contribution in [3.8, 4) is 0 Å². The fourth-order valence-corrected chi connectivity index (χ4v) is 4.46. The second-order valence-electron chi connectivity index (χ2n) is 7.24. The summed E-state index contributed by atoms with van der Waals surface area (Å²) in [6.07, 6.45) is 8.94. The van der Waals surface area contributed by atoms with E-state index in [2.05, 4.69) is 65.0 Å². The molecule has 1 aromatic carbocycles. The molecule has 1 saturated carbocycles. The van der Waals surface area contributed by atoms with Gasteiger partial charge >= 0.3 is 0 Å². The standard InChI is InChI=1S/C21H28N/c1-8-9-10-18-21(6,17-11-12-17)19-15(4)13(2)14(3)16(5)20(19)22(18)7/h8-10,17H,1,11-12H2,2-7H3/q+1. The zero-order chi connectivity index (χ0) is 16.2. The van der Waals surface area contributed by atoms with Crippen LogP contribution in [0.5, 0.6) is 0 Å². The van der Waals surface area contributed by atoms with E-state index in [0.29, 0.717) is 0 Å². The monoisotopic (exact) mass is 294 g/mol. The van der Waals surface area contributed by atoms with E-state index >= 15 is 0 Å². The Hall–Kier alpha value is -1.63. The molecule has 1 nitrogen and oxygen atoms in total. The number of benzene rings is 1. The third kappa shape index (κ3) is 1.81. The molecule has 2 aliphatic rings. The number of fused-ring (bicyclic) bond motifs is 1. The van der Waals surface area contributed by atoms with Gasteiger partial charge in [0.15, 0.2) is 5.71 Å². The Balaban J connectivity index is 2.38. The van der Waals surface area contributed by atoms with E-state index in [-0.39, 0.29) is 5.41 Å². The number of nitrogens with zero attached hydrogens (tertiary/aromatic N) is 1. The number of hydrogen-bond donors (Lipinski definition) is 0. The van der Waals surface area contributed by atoms with Crippen molar-refractivity contribution in [2.75, 3.05) is 7.05 Å². The van der Waals surface area contributed by atoms with E-state index in [0.717, 1.165) is 5.92 Å². The molecule has 1 aliphatic carbocycles. The molecule has 22 heavy (non-hydrogen) atoms. The molecule has 3 rings (SSSR count). The average Bonchev–Trinajstić information content (AvgIpc) is 3.30. The highest BCUT2D eigenvalue weighted by Crippen LogP contribution is 2.56. The number of rotatable bonds is 3. The Bertz CT molecular complexity index is 729. The maximum Gasteiger partial charge on any atom is 0.213 e. The fraction of sp³-hybridized carbons (Fsp3) is 0.476.